The van der Waals surface area contributed by atoms with E-state index in [9.17, 15) is 14.1 Å². The van der Waals surface area contributed by atoms with Crippen LogP contribution in [-0.4, -0.2) is 18.6 Å². The Morgan fingerprint density at radius 1 is 1.50 bits per heavy atom. The predicted octanol–water partition coefficient (Wildman–Crippen LogP) is 1.19. The number of methoxy groups -OCH3 is 1. The summed E-state index contributed by atoms with van der Waals surface area (Å²) in [7, 11) is 1.14. The zero-order chi connectivity index (χ0) is 9.84. The third-order valence-electron chi connectivity index (χ3n) is 1.46. The summed E-state index contributed by atoms with van der Waals surface area (Å²) in [6.07, 6.45) is 0. The van der Waals surface area contributed by atoms with Crippen LogP contribution in [0.15, 0.2) is 23.4 Å². The van der Waals surface area contributed by atoms with Gasteiger partial charge in [-0.05, 0) is 23.4 Å². The number of ether oxygens (including phenoxy) is 1. The first-order valence-corrected chi connectivity index (χ1v) is 3.40. The van der Waals surface area contributed by atoms with Gasteiger partial charge >= 0.3 is 5.97 Å². The highest BCUT2D eigenvalue weighted by Gasteiger charge is 2.13. The van der Waals surface area contributed by atoms with E-state index in [1.165, 1.54) is 0 Å². The Morgan fingerprint density at radius 2 is 2.14 bits per heavy atom. The number of benzene rings is 1. The van der Waals surface area contributed by atoms with Gasteiger partial charge in [-0.25, -0.2) is 9.18 Å². The summed E-state index contributed by atoms with van der Waals surface area (Å²) >= 11 is 0. The second-order valence-electron chi connectivity index (χ2n) is 2.24. The van der Waals surface area contributed by atoms with Crippen LogP contribution in [0.25, 0.3) is 0 Å². The van der Waals surface area contributed by atoms with E-state index in [2.05, 4.69) is 9.91 Å². The number of halogens is 1. The van der Waals surface area contributed by atoms with Crippen molar-refractivity contribution < 1.29 is 19.4 Å². The van der Waals surface area contributed by atoms with Gasteiger partial charge in [0.2, 0.25) is 0 Å². The van der Waals surface area contributed by atoms with Gasteiger partial charge in [0.1, 0.15) is 11.5 Å². The summed E-state index contributed by atoms with van der Waals surface area (Å²) in [6, 6.07) is 3.07. The van der Waals surface area contributed by atoms with Crippen LogP contribution >= 0.6 is 0 Å². The SMILES string of the molecule is COC(=O)c1cc(F)ccc1N=O.O. The zero-order valence-corrected chi connectivity index (χ0v) is 7.28. The smallest absolute Gasteiger partial charge is 0.340 e. The minimum absolute atomic E-state index is 0. The fourth-order valence-corrected chi connectivity index (χ4v) is 0.861. The Hall–Kier alpha value is -1.82. The molecule has 0 aliphatic rings. The van der Waals surface area contributed by atoms with Crippen molar-refractivity contribution in [1.82, 2.24) is 0 Å². The summed E-state index contributed by atoms with van der Waals surface area (Å²) in [6.45, 7) is 0. The van der Waals surface area contributed by atoms with Gasteiger partial charge in [-0.3, -0.25) is 0 Å². The van der Waals surface area contributed by atoms with E-state index in [0.717, 1.165) is 25.3 Å². The molecule has 0 amide bonds. The third-order valence-corrected chi connectivity index (χ3v) is 1.46. The Balaban J connectivity index is 0.00000169. The van der Waals surface area contributed by atoms with Gasteiger partial charge in [-0.1, -0.05) is 0 Å². The molecule has 0 aliphatic carbocycles. The molecule has 0 aliphatic heterocycles. The minimum atomic E-state index is -0.783. The summed E-state index contributed by atoms with van der Waals surface area (Å²) < 4.78 is 17.0. The van der Waals surface area contributed by atoms with Crippen LogP contribution in [0.4, 0.5) is 10.1 Å². The lowest BCUT2D eigenvalue weighted by atomic mass is 10.2. The molecule has 1 rings (SSSR count). The van der Waals surface area contributed by atoms with Crippen molar-refractivity contribution in [3.05, 3.63) is 34.5 Å². The highest BCUT2D eigenvalue weighted by atomic mass is 19.1. The number of rotatable bonds is 2. The molecule has 76 valence electrons. The fraction of sp³-hybridized carbons (Fsp3) is 0.125. The molecular weight excluding hydrogens is 193 g/mol. The minimum Gasteiger partial charge on any atom is -0.465 e. The van der Waals surface area contributed by atoms with Crippen molar-refractivity contribution in [2.24, 2.45) is 5.18 Å². The van der Waals surface area contributed by atoms with Crippen LogP contribution in [-0.2, 0) is 4.74 Å². The fourth-order valence-electron chi connectivity index (χ4n) is 0.861. The summed E-state index contributed by atoms with van der Waals surface area (Å²) in [5.74, 6) is -1.40. The lowest BCUT2D eigenvalue weighted by Crippen LogP contribution is -2.01. The van der Waals surface area contributed by atoms with Gasteiger partial charge in [-0.15, -0.1) is 4.91 Å². The van der Waals surface area contributed by atoms with Crippen molar-refractivity contribution >= 4 is 11.7 Å². The molecular formula is C8H8FNO4. The zero-order valence-electron chi connectivity index (χ0n) is 7.28. The molecule has 0 fully saturated rings. The maximum atomic E-state index is 12.6. The molecule has 5 nitrogen and oxygen atoms in total. The van der Waals surface area contributed by atoms with E-state index in [-0.39, 0.29) is 16.7 Å². The van der Waals surface area contributed by atoms with Crippen molar-refractivity contribution in [3.63, 3.8) is 0 Å². The Labute approximate surface area is 78.8 Å². The van der Waals surface area contributed by atoms with Gasteiger partial charge in [0.25, 0.3) is 0 Å². The molecule has 0 unspecified atom stereocenters. The maximum absolute atomic E-state index is 12.6. The summed E-state index contributed by atoms with van der Waals surface area (Å²) in [4.78, 5) is 21.1. The number of hydrogen-bond acceptors (Lipinski definition) is 4. The van der Waals surface area contributed by atoms with Crippen molar-refractivity contribution in [2.75, 3.05) is 7.11 Å². The molecule has 0 saturated heterocycles. The number of carbonyl (C=O) groups is 1. The molecule has 0 spiro atoms. The van der Waals surface area contributed by atoms with Gasteiger partial charge in [0.05, 0.1) is 12.7 Å². The van der Waals surface area contributed by atoms with Gasteiger partial charge in [0.15, 0.2) is 0 Å². The highest BCUT2D eigenvalue weighted by Crippen LogP contribution is 2.20. The molecule has 1 aromatic rings. The van der Waals surface area contributed by atoms with Crippen LogP contribution in [0, 0.1) is 10.7 Å². The molecule has 0 bridgehead atoms. The van der Waals surface area contributed by atoms with E-state index in [1.54, 1.807) is 0 Å². The van der Waals surface area contributed by atoms with Gasteiger partial charge in [-0.2, -0.15) is 0 Å². The first-order chi connectivity index (χ1) is 6.19. The topological polar surface area (TPSA) is 87.2 Å². The molecule has 1 aromatic carbocycles. The molecule has 0 radical (unpaired) electrons. The standard InChI is InChI=1S/C8H6FNO3.H2O/c1-13-8(11)6-4-5(9)2-3-7(6)10-12;/h2-4H,1H3;1H2. The third kappa shape index (κ3) is 2.33. The summed E-state index contributed by atoms with van der Waals surface area (Å²) in [5.41, 5.74) is -0.300. The van der Waals surface area contributed by atoms with Crippen LogP contribution < -0.4 is 0 Å². The first kappa shape index (κ1) is 12.2. The van der Waals surface area contributed by atoms with E-state index < -0.39 is 11.8 Å². The number of nitroso groups, excluding NO2 is 1. The molecule has 0 aromatic heterocycles. The number of hydrogen-bond donors (Lipinski definition) is 0. The van der Waals surface area contributed by atoms with Gasteiger partial charge in [0, 0.05) is 0 Å². The Bertz CT molecular complexity index is 353. The van der Waals surface area contributed by atoms with Gasteiger partial charge < -0.3 is 10.2 Å². The lowest BCUT2D eigenvalue weighted by Gasteiger charge is -2.00. The van der Waals surface area contributed by atoms with E-state index in [4.69, 9.17) is 0 Å². The van der Waals surface area contributed by atoms with E-state index in [1.807, 2.05) is 0 Å². The Kier molecular flexibility index (Phi) is 4.37. The Morgan fingerprint density at radius 3 is 2.64 bits per heavy atom. The average Bonchev–Trinajstić information content (AvgIpc) is 2.16. The molecule has 2 N–H and O–H groups in total. The second kappa shape index (κ2) is 5.03. The average molecular weight is 201 g/mol. The van der Waals surface area contributed by atoms with E-state index >= 15 is 0 Å². The molecule has 0 heterocycles. The second-order valence-corrected chi connectivity index (χ2v) is 2.24. The molecule has 0 saturated carbocycles. The highest BCUT2D eigenvalue weighted by molar-refractivity contribution is 5.94. The largest absolute Gasteiger partial charge is 0.465 e. The molecule has 6 heteroatoms. The summed E-state index contributed by atoms with van der Waals surface area (Å²) in [5, 5.41) is 2.56. The van der Waals surface area contributed by atoms with Crippen LogP contribution in [0.5, 0.6) is 0 Å². The van der Waals surface area contributed by atoms with E-state index in [0.29, 0.717) is 0 Å². The molecule has 0 atom stereocenters. The van der Waals surface area contributed by atoms with Crippen molar-refractivity contribution in [2.45, 2.75) is 0 Å². The number of esters is 1. The van der Waals surface area contributed by atoms with Crippen LogP contribution in [0.1, 0.15) is 10.4 Å². The molecule has 14 heavy (non-hydrogen) atoms. The number of carbonyl (C=O) groups excluding carboxylic acids is 1. The number of nitrogens with zero attached hydrogens (tertiary/aromatic N) is 1. The normalized spacial score (nSPS) is 8.71. The van der Waals surface area contributed by atoms with Crippen molar-refractivity contribution in [1.29, 1.82) is 0 Å². The lowest BCUT2D eigenvalue weighted by molar-refractivity contribution is 0.0601. The predicted molar refractivity (Wildman–Crippen MR) is 46.8 cm³/mol. The quantitative estimate of drug-likeness (QED) is 0.531. The first-order valence-electron chi connectivity index (χ1n) is 3.40. The monoisotopic (exact) mass is 201 g/mol. The maximum Gasteiger partial charge on any atom is 0.340 e. The van der Waals surface area contributed by atoms with Crippen LogP contribution in [0.3, 0.4) is 0 Å². The van der Waals surface area contributed by atoms with Crippen molar-refractivity contribution in [3.8, 4) is 0 Å². The van der Waals surface area contributed by atoms with Crippen LogP contribution in [0.2, 0.25) is 0 Å².